The van der Waals surface area contributed by atoms with E-state index in [4.69, 9.17) is 0 Å². The second kappa shape index (κ2) is 5.37. The molecule has 1 aliphatic carbocycles. The molecule has 3 rings (SSSR count). The predicted octanol–water partition coefficient (Wildman–Crippen LogP) is 4.33. The summed E-state index contributed by atoms with van der Waals surface area (Å²) in [4.78, 5) is 13.7. The molecule has 1 heterocycles. The van der Waals surface area contributed by atoms with Gasteiger partial charge in [0.1, 0.15) is 5.82 Å². The van der Waals surface area contributed by atoms with Crippen molar-refractivity contribution in [3.8, 4) is 0 Å². The van der Waals surface area contributed by atoms with Crippen LogP contribution in [0.15, 0.2) is 23.6 Å². The van der Waals surface area contributed by atoms with Crippen LogP contribution in [0.5, 0.6) is 0 Å². The van der Waals surface area contributed by atoms with Crippen molar-refractivity contribution in [3.63, 3.8) is 0 Å². The van der Waals surface area contributed by atoms with E-state index in [2.05, 4.69) is 5.32 Å². The maximum atomic E-state index is 13.3. The highest BCUT2D eigenvalue weighted by Crippen LogP contribution is 2.30. The van der Waals surface area contributed by atoms with E-state index < -0.39 is 0 Å². The maximum Gasteiger partial charge on any atom is 0.256 e. The van der Waals surface area contributed by atoms with Crippen LogP contribution in [-0.2, 0) is 12.8 Å². The summed E-state index contributed by atoms with van der Waals surface area (Å²) < 4.78 is 13.3. The highest BCUT2D eigenvalue weighted by atomic mass is 32.1. The first-order chi connectivity index (χ1) is 9.65. The molecule has 0 bridgehead atoms. The fourth-order valence-corrected chi connectivity index (χ4v) is 3.73. The number of aryl methyl sites for hydroxylation is 2. The standard InChI is InChI=1S/C16H16FNOS/c1-10-6-7-11(17)8-14(10)18-16(19)13-9-20-15-5-3-2-4-12(13)15/h6-9H,2-5H2,1H3,(H,18,19). The number of carbonyl (C=O) groups excluding carboxylic acids is 1. The number of amides is 1. The molecule has 20 heavy (non-hydrogen) atoms. The zero-order chi connectivity index (χ0) is 14.1. The summed E-state index contributed by atoms with van der Waals surface area (Å²) in [6, 6.07) is 4.44. The Morgan fingerprint density at radius 2 is 2.10 bits per heavy atom. The Kier molecular flexibility index (Phi) is 3.57. The molecular formula is C16H16FNOS. The van der Waals surface area contributed by atoms with E-state index in [0.29, 0.717) is 5.69 Å². The lowest BCUT2D eigenvalue weighted by atomic mass is 9.95. The van der Waals surface area contributed by atoms with E-state index in [0.717, 1.165) is 30.4 Å². The largest absolute Gasteiger partial charge is 0.322 e. The van der Waals surface area contributed by atoms with Crippen LogP contribution in [0.3, 0.4) is 0 Å². The Balaban J connectivity index is 1.86. The highest BCUT2D eigenvalue weighted by Gasteiger charge is 2.20. The quantitative estimate of drug-likeness (QED) is 0.876. The van der Waals surface area contributed by atoms with Crippen LogP contribution in [0.2, 0.25) is 0 Å². The molecule has 104 valence electrons. The number of hydrogen-bond acceptors (Lipinski definition) is 2. The van der Waals surface area contributed by atoms with Crippen LogP contribution in [0, 0.1) is 12.7 Å². The number of fused-ring (bicyclic) bond motifs is 1. The summed E-state index contributed by atoms with van der Waals surface area (Å²) in [6.45, 7) is 1.86. The summed E-state index contributed by atoms with van der Waals surface area (Å²) in [7, 11) is 0. The zero-order valence-electron chi connectivity index (χ0n) is 11.3. The number of halogens is 1. The van der Waals surface area contributed by atoms with Crippen molar-refractivity contribution in [1.82, 2.24) is 0 Å². The van der Waals surface area contributed by atoms with Gasteiger partial charge in [-0.1, -0.05) is 6.07 Å². The topological polar surface area (TPSA) is 29.1 Å². The average Bonchev–Trinajstić information content (AvgIpc) is 2.87. The van der Waals surface area contributed by atoms with Gasteiger partial charge >= 0.3 is 0 Å². The number of thiophene rings is 1. The number of benzene rings is 1. The molecule has 2 aromatic rings. The Labute approximate surface area is 121 Å². The molecule has 0 saturated carbocycles. The van der Waals surface area contributed by atoms with E-state index in [9.17, 15) is 9.18 Å². The van der Waals surface area contributed by atoms with Crippen molar-refractivity contribution < 1.29 is 9.18 Å². The van der Waals surface area contributed by atoms with Crippen LogP contribution < -0.4 is 5.32 Å². The first kappa shape index (κ1) is 13.3. The lowest BCUT2D eigenvalue weighted by Crippen LogP contribution is -2.15. The van der Waals surface area contributed by atoms with E-state index in [1.807, 2.05) is 12.3 Å². The number of carbonyl (C=O) groups is 1. The third-order valence-electron chi connectivity index (χ3n) is 3.75. The van der Waals surface area contributed by atoms with Crippen molar-refractivity contribution in [2.75, 3.05) is 5.32 Å². The van der Waals surface area contributed by atoms with Crippen LogP contribution >= 0.6 is 11.3 Å². The van der Waals surface area contributed by atoms with Crippen molar-refractivity contribution in [1.29, 1.82) is 0 Å². The smallest absolute Gasteiger partial charge is 0.256 e. The Hall–Kier alpha value is -1.68. The predicted molar refractivity (Wildman–Crippen MR) is 80.1 cm³/mol. The molecule has 0 unspecified atom stereocenters. The van der Waals surface area contributed by atoms with Gasteiger partial charge in [0.2, 0.25) is 0 Å². The average molecular weight is 289 g/mol. The Morgan fingerprint density at radius 1 is 1.30 bits per heavy atom. The molecule has 1 aliphatic rings. The van der Waals surface area contributed by atoms with E-state index in [1.165, 1.54) is 29.0 Å². The van der Waals surface area contributed by atoms with Gasteiger partial charge in [-0.3, -0.25) is 4.79 Å². The second-order valence-corrected chi connectivity index (χ2v) is 6.14. The molecule has 0 fully saturated rings. The summed E-state index contributed by atoms with van der Waals surface area (Å²) >= 11 is 1.66. The van der Waals surface area contributed by atoms with Gasteiger partial charge in [0.15, 0.2) is 0 Å². The number of anilines is 1. The van der Waals surface area contributed by atoms with Gasteiger partial charge in [0, 0.05) is 15.9 Å². The summed E-state index contributed by atoms with van der Waals surface area (Å²) in [5.74, 6) is -0.462. The van der Waals surface area contributed by atoms with Gasteiger partial charge in [-0.2, -0.15) is 0 Å². The Bertz CT molecular complexity index is 662. The summed E-state index contributed by atoms with van der Waals surface area (Å²) in [5.41, 5.74) is 3.36. The molecular weight excluding hydrogens is 273 g/mol. The van der Waals surface area contributed by atoms with Gasteiger partial charge in [0.05, 0.1) is 5.56 Å². The second-order valence-electron chi connectivity index (χ2n) is 5.17. The molecule has 2 nitrogen and oxygen atoms in total. The fourth-order valence-electron chi connectivity index (χ4n) is 2.60. The van der Waals surface area contributed by atoms with Gasteiger partial charge in [0.25, 0.3) is 5.91 Å². The minimum absolute atomic E-state index is 0.127. The molecule has 1 aromatic carbocycles. The molecule has 0 spiro atoms. The third kappa shape index (κ3) is 2.48. The molecule has 0 aliphatic heterocycles. The Morgan fingerprint density at radius 3 is 2.95 bits per heavy atom. The normalized spacial score (nSPS) is 13.9. The molecule has 0 saturated heterocycles. The van der Waals surface area contributed by atoms with Crippen LogP contribution in [0.1, 0.15) is 39.2 Å². The maximum absolute atomic E-state index is 13.3. The summed E-state index contributed by atoms with van der Waals surface area (Å²) in [6.07, 6.45) is 4.40. The van der Waals surface area contributed by atoms with Gasteiger partial charge < -0.3 is 5.32 Å². The first-order valence-electron chi connectivity index (χ1n) is 6.82. The molecule has 0 radical (unpaired) electrons. The molecule has 4 heteroatoms. The molecule has 1 N–H and O–H groups in total. The van der Waals surface area contributed by atoms with Crippen molar-refractivity contribution >= 4 is 22.9 Å². The van der Waals surface area contributed by atoms with Crippen molar-refractivity contribution in [2.24, 2.45) is 0 Å². The van der Waals surface area contributed by atoms with Crippen LogP contribution in [0.4, 0.5) is 10.1 Å². The minimum atomic E-state index is -0.335. The number of rotatable bonds is 2. The third-order valence-corrected chi connectivity index (χ3v) is 4.84. The lowest BCUT2D eigenvalue weighted by Gasteiger charge is -2.13. The number of nitrogens with one attached hydrogen (secondary N) is 1. The van der Waals surface area contributed by atoms with Crippen molar-refractivity contribution in [3.05, 3.63) is 51.0 Å². The van der Waals surface area contributed by atoms with Gasteiger partial charge in [-0.25, -0.2) is 4.39 Å². The monoisotopic (exact) mass is 289 g/mol. The fraction of sp³-hybridized carbons (Fsp3) is 0.312. The lowest BCUT2D eigenvalue weighted by molar-refractivity contribution is 0.102. The molecule has 1 amide bonds. The minimum Gasteiger partial charge on any atom is -0.322 e. The first-order valence-corrected chi connectivity index (χ1v) is 7.70. The molecule has 0 atom stereocenters. The van der Waals surface area contributed by atoms with Crippen LogP contribution in [0.25, 0.3) is 0 Å². The van der Waals surface area contributed by atoms with Gasteiger partial charge in [-0.15, -0.1) is 11.3 Å². The number of hydrogen-bond donors (Lipinski definition) is 1. The van der Waals surface area contributed by atoms with Crippen LogP contribution in [-0.4, -0.2) is 5.91 Å². The zero-order valence-corrected chi connectivity index (χ0v) is 12.1. The van der Waals surface area contributed by atoms with E-state index in [-0.39, 0.29) is 11.7 Å². The SMILES string of the molecule is Cc1ccc(F)cc1NC(=O)c1csc2c1CCCC2. The van der Waals surface area contributed by atoms with Gasteiger partial charge in [-0.05, 0) is 55.9 Å². The van der Waals surface area contributed by atoms with E-state index in [1.54, 1.807) is 17.4 Å². The van der Waals surface area contributed by atoms with E-state index >= 15 is 0 Å². The van der Waals surface area contributed by atoms with Crippen molar-refractivity contribution in [2.45, 2.75) is 32.6 Å². The highest BCUT2D eigenvalue weighted by molar-refractivity contribution is 7.10. The summed E-state index contributed by atoms with van der Waals surface area (Å²) in [5, 5.41) is 4.76. The molecule has 1 aromatic heterocycles.